The van der Waals surface area contributed by atoms with Crippen LogP contribution in [-0.2, 0) is 11.2 Å². The normalized spacial score (nSPS) is 17.6. The summed E-state index contributed by atoms with van der Waals surface area (Å²) in [7, 11) is 1.76. The zero-order valence-electron chi connectivity index (χ0n) is 13.5. The summed E-state index contributed by atoms with van der Waals surface area (Å²) in [6.07, 6.45) is -0.0263. The minimum absolute atomic E-state index is 0.0453. The number of aromatic nitrogens is 1. The predicted octanol–water partition coefficient (Wildman–Crippen LogP) is 2.21. The molecule has 0 bridgehead atoms. The van der Waals surface area contributed by atoms with Gasteiger partial charge in [0.1, 0.15) is 12.4 Å². The molecule has 1 aromatic heterocycles. The Morgan fingerprint density at radius 1 is 1.39 bits per heavy atom. The molecular weight excluding hydrogens is 296 g/mol. The van der Waals surface area contributed by atoms with Gasteiger partial charge in [0.15, 0.2) is 17.6 Å². The van der Waals surface area contributed by atoms with E-state index in [1.54, 1.807) is 18.0 Å². The number of likely N-dealkylation sites (N-methyl/N-ethyl adjacent to an activating group) is 1. The number of carbonyl (C=O) groups excluding carboxylic acids is 1. The molecule has 1 aliphatic rings. The SMILES string of the molecule is Cc1cc(CC(=O)N(C)[C@@H](C)[C@H]2COc3ccccc3O2)on1. The van der Waals surface area contributed by atoms with Gasteiger partial charge in [-0.3, -0.25) is 4.79 Å². The van der Waals surface area contributed by atoms with Crippen LogP contribution in [0.3, 0.4) is 0 Å². The lowest BCUT2D eigenvalue weighted by atomic mass is 10.1. The van der Waals surface area contributed by atoms with Crippen LogP contribution >= 0.6 is 0 Å². The molecular formula is C17H20N2O4. The van der Waals surface area contributed by atoms with Gasteiger partial charge in [-0.05, 0) is 26.0 Å². The number of aryl methyl sites for hydroxylation is 1. The topological polar surface area (TPSA) is 64.8 Å². The third-order valence-electron chi connectivity index (χ3n) is 4.08. The second-order valence-corrected chi connectivity index (χ2v) is 5.77. The van der Waals surface area contributed by atoms with Gasteiger partial charge in [0.25, 0.3) is 0 Å². The third-order valence-corrected chi connectivity index (χ3v) is 4.08. The van der Waals surface area contributed by atoms with Crippen LogP contribution in [0.15, 0.2) is 34.9 Å². The molecule has 122 valence electrons. The van der Waals surface area contributed by atoms with E-state index in [-0.39, 0.29) is 24.5 Å². The Labute approximate surface area is 135 Å². The summed E-state index contributed by atoms with van der Waals surface area (Å²) >= 11 is 0. The zero-order valence-corrected chi connectivity index (χ0v) is 13.5. The molecule has 6 nitrogen and oxygen atoms in total. The van der Waals surface area contributed by atoms with Gasteiger partial charge in [0.2, 0.25) is 5.91 Å². The fourth-order valence-corrected chi connectivity index (χ4v) is 2.52. The Morgan fingerprint density at radius 2 is 2.13 bits per heavy atom. The molecule has 1 aliphatic heterocycles. The lowest BCUT2D eigenvalue weighted by molar-refractivity contribution is -0.133. The molecule has 23 heavy (non-hydrogen) atoms. The van der Waals surface area contributed by atoms with Crippen molar-refractivity contribution in [1.29, 1.82) is 0 Å². The molecule has 0 saturated carbocycles. The van der Waals surface area contributed by atoms with Crippen LogP contribution in [0, 0.1) is 6.92 Å². The number of benzene rings is 1. The Bertz CT molecular complexity index is 697. The highest BCUT2D eigenvalue weighted by Gasteiger charge is 2.30. The molecule has 0 unspecified atom stereocenters. The van der Waals surface area contributed by atoms with Crippen molar-refractivity contribution in [3.8, 4) is 11.5 Å². The molecule has 6 heteroatoms. The van der Waals surface area contributed by atoms with E-state index in [1.807, 2.05) is 38.1 Å². The summed E-state index contributed by atoms with van der Waals surface area (Å²) in [6, 6.07) is 9.19. The van der Waals surface area contributed by atoms with Crippen LogP contribution < -0.4 is 9.47 Å². The number of hydrogen-bond donors (Lipinski definition) is 0. The predicted molar refractivity (Wildman–Crippen MR) is 83.5 cm³/mol. The molecule has 0 radical (unpaired) electrons. The molecule has 2 aromatic rings. The molecule has 0 aliphatic carbocycles. The average Bonchev–Trinajstić information content (AvgIpc) is 2.97. The molecule has 1 aromatic carbocycles. The van der Waals surface area contributed by atoms with Crippen molar-refractivity contribution in [3.05, 3.63) is 41.8 Å². The second-order valence-electron chi connectivity index (χ2n) is 5.77. The van der Waals surface area contributed by atoms with E-state index in [0.29, 0.717) is 18.1 Å². The highest BCUT2D eigenvalue weighted by Crippen LogP contribution is 2.32. The third kappa shape index (κ3) is 3.31. The maximum absolute atomic E-state index is 12.4. The van der Waals surface area contributed by atoms with Crippen molar-refractivity contribution in [3.63, 3.8) is 0 Å². The first-order valence-electron chi connectivity index (χ1n) is 7.61. The largest absolute Gasteiger partial charge is 0.486 e. The molecule has 0 fully saturated rings. The number of ether oxygens (including phenoxy) is 2. The van der Waals surface area contributed by atoms with E-state index in [9.17, 15) is 4.79 Å². The summed E-state index contributed by atoms with van der Waals surface area (Å²) < 4.78 is 16.8. The summed E-state index contributed by atoms with van der Waals surface area (Å²) in [5.41, 5.74) is 0.768. The summed E-state index contributed by atoms with van der Waals surface area (Å²) in [6.45, 7) is 4.19. The van der Waals surface area contributed by atoms with Crippen LogP contribution in [0.4, 0.5) is 0 Å². The second kappa shape index (κ2) is 6.32. The Hall–Kier alpha value is -2.50. The Morgan fingerprint density at radius 3 is 2.83 bits per heavy atom. The molecule has 0 spiro atoms. The van der Waals surface area contributed by atoms with E-state index in [4.69, 9.17) is 14.0 Å². The average molecular weight is 316 g/mol. The van der Waals surface area contributed by atoms with E-state index >= 15 is 0 Å². The number of amides is 1. The van der Waals surface area contributed by atoms with Gasteiger partial charge in [-0.1, -0.05) is 17.3 Å². The standard InChI is InChI=1S/C17H20N2O4/c1-11-8-13(23-18-11)9-17(20)19(3)12(2)16-10-21-14-6-4-5-7-15(14)22-16/h4-8,12,16H,9-10H2,1-3H3/t12-,16+/m0/s1. The van der Waals surface area contributed by atoms with Crippen molar-refractivity contribution in [2.45, 2.75) is 32.4 Å². The van der Waals surface area contributed by atoms with Gasteiger partial charge in [0.05, 0.1) is 18.2 Å². The lowest BCUT2D eigenvalue weighted by Gasteiger charge is -2.35. The van der Waals surface area contributed by atoms with Crippen LogP contribution in [0.2, 0.25) is 0 Å². The van der Waals surface area contributed by atoms with Gasteiger partial charge in [-0.2, -0.15) is 0 Å². The molecule has 2 atom stereocenters. The maximum Gasteiger partial charge on any atom is 0.230 e. The van der Waals surface area contributed by atoms with Crippen molar-refractivity contribution in [2.75, 3.05) is 13.7 Å². The van der Waals surface area contributed by atoms with Gasteiger partial charge >= 0.3 is 0 Å². The van der Waals surface area contributed by atoms with E-state index in [2.05, 4.69) is 5.16 Å². The molecule has 0 N–H and O–H groups in total. The van der Waals surface area contributed by atoms with Crippen LogP contribution in [0.25, 0.3) is 0 Å². The first-order chi connectivity index (χ1) is 11.0. The van der Waals surface area contributed by atoms with Crippen molar-refractivity contribution in [1.82, 2.24) is 10.1 Å². The van der Waals surface area contributed by atoms with Crippen molar-refractivity contribution in [2.24, 2.45) is 0 Å². The van der Waals surface area contributed by atoms with Crippen molar-refractivity contribution >= 4 is 5.91 Å². The number of carbonyl (C=O) groups is 1. The van der Waals surface area contributed by atoms with Crippen LogP contribution in [0.1, 0.15) is 18.4 Å². The molecule has 3 rings (SSSR count). The Kier molecular flexibility index (Phi) is 4.23. The smallest absolute Gasteiger partial charge is 0.230 e. The monoisotopic (exact) mass is 316 g/mol. The fourth-order valence-electron chi connectivity index (χ4n) is 2.52. The number of fused-ring (bicyclic) bond motifs is 1. The van der Waals surface area contributed by atoms with E-state index in [1.165, 1.54) is 0 Å². The molecule has 2 heterocycles. The van der Waals surface area contributed by atoms with E-state index < -0.39 is 0 Å². The van der Waals surface area contributed by atoms with Gasteiger partial charge in [-0.15, -0.1) is 0 Å². The molecule has 1 amide bonds. The van der Waals surface area contributed by atoms with Crippen LogP contribution in [-0.4, -0.2) is 41.8 Å². The first-order valence-corrected chi connectivity index (χ1v) is 7.61. The highest BCUT2D eigenvalue weighted by molar-refractivity contribution is 5.78. The zero-order chi connectivity index (χ0) is 16.4. The number of para-hydroxylation sites is 2. The number of hydrogen-bond acceptors (Lipinski definition) is 5. The minimum atomic E-state index is -0.213. The fraction of sp³-hybridized carbons (Fsp3) is 0.412. The first kappa shape index (κ1) is 15.4. The maximum atomic E-state index is 12.4. The number of rotatable bonds is 4. The quantitative estimate of drug-likeness (QED) is 0.865. The van der Waals surface area contributed by atoms with E-state index in [0.717, 1.165) is 11.4 Å². The summed E-state index contributed by atoms with van der Waals surface area (Å²) in [5.74, 6) is 1.97. The van der Waals surface area contributed by atoms with Crippen LogP contribution in [0.5, 0.6) is 11.5 Å². The highest BCUT2D eigenvalue weighted by atomic mass is 16.6. The lowest BCUT2D eigenvalue weighted by Crippen LogP contribution is -2.49. The summed E-state index contributed by atoms with van der Waals surface area (Å²) in [4.78, 5) is 14.1. The summed E-state index contributed by atoms with van der Waals surface area (Å²) in [5, 5.41) is 3.80. The minimum Gasteiger partial charge on any atom is -0.486 e. The molecule has 0 saturated heterocycles. The number of nitrogens with zero attached hydrogens (tertiary/aromatic N) is 2. The van der Waals surface area contributed by atoms with Crippen molar-refractivity contribution < 1.29 is 18.8 Å². The van der Waals surface area contributed by atoms with Gasteiger partial charge < -0.3 is 18.9 Å². The van der Waals surface area contributed by atoms with Gasteiger partial charge in [0, 0.05) is 13.1 Å². The van der Waals surface area contributed by atoms with Gasteiger partial charge in [-0.25, -0.2) is 0 Å². The Balaban J connectivity index is 1.63.